The second kappa shape index (κ2) is 6.70. The number of hydrogen-bond acceptors (Lipinski definition) is 2. The Labute approximate surface area is 96.6 Å². The zero-order valence-corrected chi connectivity index (χ0v) is 10.1. The summed E-state index contributed by atoms with van der Waals surface area (Å²) in [6.07, 6.45) is 1.06. The molecular weight excluding hydrogens is 210 g/mol. The van der Waals surface area contributed by atoms with Crippen LogP contribution in [0.25, 0.3) is 0 Å². The highest BCUT2D eigenvalue weighted by molar-refractivity contribution is 6.33. The second-order valence-electron chi connectivity index (χ2n) is 3.47. The minimum absolute atomic E-state index is 0.721. The number of rotatable bonds is 6. The van der Waals surface area contributed by atoms with Crippen molar-refractivity contribution in [2.75, 3.05) is 25.1 Å². The number of para-hydroxylation sites is 1. The third kappa shape index (κ3) is 4.10. The van der Waals surface area contributed by atoms with Crippen molar-refractivity contribution in [1.82, 2.24) is 0 Å². The van der Waals surface area contributed by atoms with E-state index in [0.717, 1.165) is 42.5 Å². The van der Waals surface area contributed by atoms with Gasteiger partial charge in [0.15, 0.2) is 0 Å². The first-order valence-corrected chi connectivity index (χ1v) is 5.70. The summed E-state index contributed by atoms with van der Waals surface area (Å²) in [5.74, 6) is 0. The fourth-order valence-corrected chi connectivity index (χ4v) is 1.64. The largest absolute Gasteiger partial charge is 0.381 e. The standard InChI is InChI=1S/C12H18ClNO/c1-3-8-15-9-7-14-12-10(2)5-4-6-11(12)13/h4-6,14H,3,7-9H2,1-2H3. The Morgan fingerprint density at radius 2 is 2.13 bits per heavy atom. The minimum Gasteiger partial charge on any atom is -0.381 e. The molecule has 84 valence electrons. The Kier molecular flexibility index (Phi) is 5.51. The van der Waals surface area contributed by atoms with Crippen LogP contribution in [0.3, 0.4) is 0 Å². The molecule has 0 atom stereocenters. The number of aryl methyl sites for hydroxylation is 1. The highest BCUT2D eigenvalue weighted by Crippen LogP contribution is 2.24. The van der Waals surface area contributed by atoms with Gasteiger partial charge in [-0.05, 0) is 25.0 Å². The Morgan fingerprint density at radius 3 is 2.80 bits per heavy atom. The fraction of sp³-hybridized carbons (Fsp3) is 0.500. The lowest BCUT2D eigenvalue weighted by molar-refractivity contribution is 0.144. The predicted molar refractivity (Wildman–Crippen MR) is 65.8 cm³/mol. The summed E-state index contributed by atoms with van der Waals surface area (Å²) in [6, 6.07) is 5.89. The maximum atomic E-state index is 6.07. The molecule has 0 aromatic heterocycles. The van der Waals surface area contributed by atoms with E-state index in [9.17, 15) is 0 Å². The van der Waals surface area contributed by atoms with Gasteiger partial charge in [0.05, 0.1) is 17.3 Å². The van der Waals surface area contributed by atoms with Crippen molar-refractivity contribution in [3.8, 4) is 0 Å². The summed E-state index contributed by atoms with van der Waals surface area (Å²) in [5, 5.41) is 4.05. The van der Waals surface area contributed by atoms with E-state index in [2.05, 4.69) is 12.2 Å². The van der Waals surface area contributed by atoms with Crippen LogP contribution in [-0.4, -0.2) is 19.8 Å². The summed E-state index contributed by atoms with van der Waals surface area (Å²) >= 11 is 6.07. The lowest BCUT2D eigenvalue weighted by atomic mass is 10.2. The predicted octanol–water partition coefficient (Wildman–Crippen LogP) is 3.49. The van der Waals surface area contributed by atoms with Crippen LogP contribution in [0.1, 0.15) is 18.9 Å². The molecule has 0 saturated carbocycles. The van der Waals surface area contributed by atoms with Gasteiger partial charge in [0, 0.05) is 13.2 Å². The van der Waals surface area contributed by atoms with E-state index in [0.29, 0.717) is 0 Å². The van der Waals surface area contributed by atoms with Crippen LogP contribution in [0.4, 0.5) is 5.69 Å². The first kappa shape index (κ1) is 12.3. The smallest absolute Gasteiger partial charge is 0.0640 e. The zero-order chi connectivity index (χ0) is 11.1. The van der Waals surface area contributed by atoms with E-state index < -0.39 is 0 Å². The van der Waals surface area contributed by atoms with Crippen molar-refractivity contribution in [2.45, 2.75) is 20.3 Å². The molecule has 0 unspecified atom stereocenters. The summed E-state index contributed by atoms with van der Waals surface area (Å²) in [5.41, 5.74) is 2.18. The molecule has 0 spiro atoms. The van der Waals surface area contributed by atoms with Gasteiger partial charge >= 0.3 is 0 Å². The van der Waals surface area contributed by atoms with Gasteiger partial charge in [0.25, 0.3) is 0 Å². The number of anilines is 1. The van der Waals surface area contributed by atoms with Crippen molar-refractivity contribution in [2.24, 2.45) is 0 Å². The van der Waals surface area contributed by atoms with Crippen molar-refractivity contribution in [1.29, 1.82) is 0 Å². The molecule has 1 N–H and O–H groups in total. The Balaban J connectivity index is 2.37. The maximum absolute atomic E-state index is 6.07. The molecule has 15 heavy (non-hydrogen) atoms. The maximum Gasteiger partial charge on any atom is 0.0640 e. The molecule has 0 amide bonds. The number of nitrogens with one attached hydrogen (secondary N) is 1. The number of ether oxygens (including phenoxy) is 1. The van der Waals surface area contributed by atoms with Crippen molar-refractivity contribution >= 4 is 17.3 Å². The summed E-state index contributed by atoms with van der Waals surface area (Å²) in [6.45, 7) is 6.49. The molecule has 1 rings (SSSR count). The lowest BCUT2D eigenvalue weighted by Gasteiger charge is -2.11. The molecule has 0 fully saturated rings. The third-order valence-electron chi connectivity index (χ3n) is 2.12. The van der Waals surface area contributed by atoms with Crippen LogP contribution < -0.4 is 5.32 Å². The van der Waals surface area contributed by atoms with Gasteiger partial charge in [-0.15, -0.1) is 0 Å². The van der Waals surface area contributed by atoms with E-state index >= 15 is 0 Å². The molecule has 0 bridgehead atoms. The average Bonchev–Trinajstić information content (AvgIpc) is 2.21. The van der Waals surface area contributed by atoms with Crippen LogP contribution in [0.5, 0.6) is 0 Å². The zero-order valence-electron chi connectivity index (χ0n) is 9.35. The molecule has 0 aliphatic heterocycles. The average molecular weight is 228 g/mol. The summed E-state index contributed by atoms with van der Waals surface area (Å²) in [7, 11) is 0. The molecule has 2 nitrogen and oxygen atoms in total. The highest BCUT2D eigenvalue weighted by Gasteiger charge is 2.01. The molecule has 0 aliphatic rings. The highest BCUT2D eigenvalue weighted by atomic mass is 35.5. The second-order valence-corrected chi connectivity index (χ2v) is 3.88. The Hall–Kier alpha value is -0.730. The molecule has 0 radical (unpaired) electrons. The fourth-order valence-electron chi connectivity index (χ4n) is 1.35. The van der Waals surface area contributed by atoms with E-state index in [1.165, 1.54) is 0 Å². The van der Waals surface area contributed by atoms with Gasteiger partial charge in [-0.2, -0.15) is 0 Å². The number of hydrogen-bond donors (Lipinski definition) is 1. The van der Waals surface area contributed by atoms with Gasteiger partial charge in [-0.25, -0.2) is 0 Å². The number of benzene rings is 1. The molecule has 0 saturated heterocycles. The monoisotopic (exact) mass is 227 g/mol. The normalized spacial score (nSPS) is 10.3. The van der Waals surface area contributed by atoms with Gasteiger partial charge in [-0.1, -0.05) is 30.7 Å². The van der Waals surface area contributed by atoms with Crippen molar-refractivity contribution < 1.29 is 4.74 Å². The lowest BCUT2D eigenvalue weighted by Crippen LogP contribution is -2.10. The van der Waals surface area contributed by atoms with Crippen molar-refractivity contribution in [3.63, 3.8) is 0 Å². The molecule has 0 heterocycles. The van der Waals surface area contributed by atoms with Crippen LogP contribution in [0.2, 0.25) is 5.02 Å². The van der Waals surface area contributed by atoms with Gasteiger partial charge in [0.2, 0.25) is 0 Å². The minimum atomic E-state index is 0.721. The summed E-state index contributed by atoms with van der Waals surface area (Å²) < 4.78 is 5.38. The van der Waals surface area contributed by atoms with E-state index in [-0.39, 0.29) is 0 Å². The molecule has 1 aromatic rings. The Bertz CT molecular complexity index is 281. The first-order chi connectivity index (χ1) is 7.25. The van der Waals surface area contributed by atoms with Crippen LogP contribution in [0, 0.1) is 6.92 Å². The van der Waals surface area contributed by atoms with Crippen LogP contribution in [0.15, 0.2) is 18.2 Å². The van der Waals surface area contributed by atoms with Gasteiger partial charge in [0.1, 0.15) is 0 Å². The summed E-state index contributed by atoms with van der Waals surface area (Å²) in [4.78, 5) is 0. The molecule has 0 aliphatic carbocycles. The first-order valence-electron chi connectivity index (χ1n) is 5.32. The van der Waals surface area contributed by atoms with E-state index in [1.807, 2.05) is 25.1 Å². The van der Waals surface area contributed by atoms with E-state index in [1.54, 1.807) is 0 Å². The van der Waals surface area contributed by atoms with Crippen molar-refractivity contribution in [3.05, 3.63) is 28.8 Å². The van der Waals surface area contributed by atoms with Crippen LogP contribution in [-0.2, 0) is 4.74 Å². The topological polar surface area (TPSA) is 21.3 Å². The Morgan fingerprint density at radius 1 is 1.33 bits per heavy atom. The molecular formula is C12H18ClNO. The number of halogens is 1. The molecule has 1 aromatic carbocycles. The molecule has 3 heteroatoms. The van der Waals surface area contributed by atoms with Gasteiger partial charge < -0.3 is 10.1 Å². The SMILES string of the molecule is CCCOCCNc1c(C)cccc1Cl. The quantitative estimate of drug-likeness (QED) is 0.752. The van der Waals surface area contributed by atoms with Crippen LogP contribution >= 0.6 is 11.6 Å². The third-order valence-corrected chi connectivity index (χ3v) is 2.43. The van der Waals surface area contributed by atoms with E-state index in [4.69, 9.17) is 16.3 Å². The van der Waals surface area contributed by atoms with Gasteiger partial charge in [-0.3, -0.25) is 0 Å².